The Labute approximate surface area is 145 Å². The molecule has 0 aliphatic carbocycles. The first kappa shape index (κ1) is 17.8. The molecular weight excluding hydrogens is 292 g/mol. The Morgan fingerprint density at radius 3 is 1.21 bits per heavy atom. The molecule has 122 valence electrons. The zero-order valence-electron chi connectivity index (χ0n) is 15.4. The van der Waals surface area contributed by atoms with Gasteiger partial charge in [0.1, 0.15) is 0 Å². The highest BCUT2D eigenvalue weighted by Crippen LogP contribution is 2.39. The summed E-state index contributed by atoms with van der Waals surface area (Å²) in [6, 6.07) is 16.3. The van der Waals surface area contributed by atoms with Crippen LogP contribution in [0.4, 0.5) is 0 Å². The van der Waals surface area contributed by atoms with Crippen LogP contribution < -0.4 is 0 Å². The molecule has 2 heteroatoms. The lowest BCUT2D eigenvalue weighted by Gasteiger charge is -2.28. The van der Waals surface area contributed by atoms with Gasteiger partial charge in [-0.05, 0) is 57.3 Å². The van der Waals surface area contributed by atoms with Crippen LogP contribution in [0.1, 0.15) is 63.8 Å². The maximum absolute atomic E-state index is 9.26. The SMILES string of the molecule is CC(C)(C)c1cc(C#N)ccc1-c1ccc(C#N)cc1C(C)(C)C. The Kier molecular flexibility index (Phi) is 4.54. The van der Waals surface area contributed by atoms with Gasteiger partial charge in [-0.25, -0.2) is 0 Å². The van der Waals surface area contributed by atoms with E-state index < -0.39 is 0 Å². The number of hydrogen-bond acceptors (Lipinski definition) is 2. The number of hydrogen-bond donors (Lipinski definition) is 0. The third-order valence-corrected chi connectivity index (χ3v) is 4.20. The molecule has 0 aliphatic rings. The highest BCUT2D eigenvalue weighted by Gasteiger charge is 2.24. The highest BCUT2D eigenvalue weighted by molar-refractivity contribution is 5.74. The molecule has 0 fully saturated rings. The Morgan fingerprint density at radius 2 is 0.958 bits per heavy atom. The van der Waals surface area contributed by atoms with Crippen LogP contribution in [-0.4, -0.2) is 0 Å². The Bertz CT molecular complexity index is 774. The summed E-state index contributed by atoms with van der Waals surface area (Å²) in [5.41, 5.74) is 5.76. The quantitative estimate of drug-likeness (QED) is 0.678. The van der Waals surface area contributed by atoms with Crippen LogP contribution in [0.3, 0.4) is 0 Å². The van der Waals surface area contributed by atoms with Crippen LogP contribution in [0, 0.1) is 22.7 Å². The van der Waals surface area contributed by atoms with Crippen molar-refractivity contribution in [1.29, 1.82) is 10.5 Å². The number of nitriles is 2. The molecule has 0 saturated heterocycles. The van der Waals surface area contributed by atoms with Gasteiger partial charge in [0.15, 0.2) is 0 Å². The van der Waals surface area contributed by atoms with Crippen LogP contribution in [0.5, 0.6) is 0 Å². The van der Waals surface area contributed by atoms with Gasteiger partial charge in [-0.15, -0.1) is 0 Å². The number of benzene rings is 2. The predicted octanol–water partition coefficient (Wildman–Crippen LogP) is 5.69. The second-order valence-electron chi connectivity index (χ2n) is 8.24. The van der Waals surface area contributed by atoms with Gasteiger partial charge in [0.05, 0.1) is 23.3 Å². The van der Waals surface area contributed by atoms with Gasteiger partial charge in [-0.1, -0.05) is 53.7 Å². The summed E-state index contributed by atoms with van der Waals surface area (Å²) < 4.78 is 0. The topological polar surface area (TPSA) is 47.6 Å². The van der Waals surface area contributed by atoms with E-state index in [1.54, 1.807) is 0 Å². The van der Waals surface area contributed by atoms with Crippen LogP contribution in [0.2, 0.25) is 0 Å². The lowest BCUT2D eigenvalue weighted by molar-refractivity contribution is 0.584. The highest BCUT2D eigenvalue weighted by atomic mass is 14.3. The van der Waals surface area contributed by atoms with Crippen LogP contribution in [0.25, 0.3) is 11.1 Å². The minimum absolute atomic E-state index is 0.0781. The van der Waals surface area contributed by atoms with Gasteiger partial charge in [0, 0.05) is 0 Å². The second-order valence-corrected chi connectivity index (χ2v) is 8.24. The first-order chi connectivity index (χ1) is 11.1. The molecule has 24 heavy (non-hydrogen) atoms. The monoisotopic (exact) mass is 316 g/mol. The van der Waals surface area contributed by atoms with Gasteiger partial charge in [0.25, 0.3) is 0 Å². The molecule has 2 nitrogen and oxygen atoms in total. The molecule has 2 aromatic rings. The molecule has 0 aromatic heterocycles. The molecule has 0 heterocycles. The summed E-state index contributed by atoms with van der Waals surface area (Å²) in [5, 5.41) is 18.5. The molecule has 0 amide bonds. The largest absolute Gasteiger partial charge is 0.192 e. The van der Waals surface area contributed by atoms with Gasteiger partial charge >= 0.3 is 0 Å². The lowest BCUT2D eigenvalue weighted by Crippen LogP contribution is -2.16. The third-order valence-electron chi connectivity index (χ3n) is 4.20. The fraction of sp³-hybridized carbons (Fsp3) is 0.364. The second kappa shape index (κ2) is 6.14. The standard InChI is InChI=1S/C22H24N2/c1-21(2,3)19-11-15(13-23)7-9-17(19)18-10-8-16(14-24)12-20(18)22(4,5)6/h7-12H,1-6H3. The van der Waals surface area contributed by atoms with Gasteiger partial charge in [-0.2, -0.15) is 10.5 Å². The van der Waals surface area contributed by atoms with Crippen LogP contribution in [0.15, 0.2) is 36.4 Å². The number of nitrogens with zero attached hydrogens (tertiary/aromatic N) is 2. The zero-order valence-corrected chi connectivity index (χ0v) is 15.4. The van der Waals surface area contributed by atoms with Crippen LogP contribution in [-0.2, 0) is 10.8 Å². The summed E-state index contributed by atoms with van der Waals surface area (Å²) >= 11 is 0. The summed E-state index contributed by atoms with van der Waals surface area (Å²) in [5.74, 6) is 0. The van der Waals surface area contributed by atoms with Crippen LogP contribution >= 0.6 is 0 Å². The van der Waals surface area contributed by atoms with E-state index in [1.807, 2.05) is 36.4 Å². The summed E-state index contributed by atoms with van der Waals surface area (Å²) in [7, 11) is 0. The summed E-state index contributed by atoms with van der Waals surface area (Å²) in [6.45, 7) is 13.0. The lowest BCUT2D eigenvalue weighted by atomic mass is 9.76. The van der Waals surface area contributed by atoms with E-state index in [9.17, 15) is 10.5 Å². The van der Waals surface area contributed by atoms with Crippen molar-refractivity contribution in [3.05, 3.63) is 58.7 Å². The van der Waals surface area contributed by atoms with Crippen molar-refractivity contribution in [2.45, 2.75) is 52.4 Å². The van der Waals surface area contributed by atoms with E-state index in [0.29, 0.717) is 11.1 Å². The fourth-order valence-corrected chi connectivity index (χ4v) is 2.94. The molecule has 0 bridgehead atoms. The minimum atomic E-state index is -0.0781. The van der Waals surface area contributed by atoms with Crippen molar-refractivity contribution < 1.29 is 0 Å². The molecule has 0 saturated carbocycles. The van der Waals surface area contributed by atoms with Crippen molar-refractivity contribution in [2.24, 2.45) is 0 Å². The molecule has 0 N–H and O–H groups in total. The summed E-state index contributed by atoms with van der Waals surface area (Å²) in [4.78, 5) is 0. The van der Waals surface area contributed by atoms with Crippen molar-refractivity contribution >= 4 is 0 Å². The average Bonchev–Trinajstić information content (AvgIpc) is 2.52. The molecule has 0 spiro atoms. The fourth-order valence-electron chi connectivity index (χ4n) is 2.94. The number of rotatable bonds is 1. The van der Waals surface area contributed by atoms with E-state index in [2.05, 4.69) is 53.7 Å². The maximum atomic E-state index is 9.26. The average molecular weight is 316 g/mol. The maximum Gasteiger partial charge on any atom is 0.0991 e. The van der Waals surface area contributed by atoms with E-state index in [-0.39, 0.29) is 10.8 Å². The molecule has 2 rings (SSSR count). The Morgan fingerprint density at radius 1 is 0.625 bits per heavy atom. The third kappa shape index (κ3) is 3.50. The molecule has 0 radical (unpaired) electrons. The predicted molar refractivity (Wildman–Crippen MR) is 98.7 cm³/mol. The van der Waals surface area contributed by atoms with E-state index in [4.69, 9.17) is 0 Å². The van der Waals surface area contributed by atoms with Crippen molar-refractivity contribution in [3.63, 3.8) is 0 Å². The van der Waals surface area contributed by atoms with Gasteiger partial charge < -0.3 is 0 Å². The van der Waals surface area contributed by atoms with Gasteiger partial charge in [-0.3, -0.25) is 0 Å². The molecule has 0 aliphatic heterocycles. The molecule has 0 unspecified atom stereocenters. The Hall–Kier alpha value is -2.58. The van der Waals surface area contributed by atoms with E-state index in [1.165, 1.54) is 0 Å². The smallest absolute Gasteiger partial charge is 0.0991 e. The first-order valence-corrected chi connectivity index (χ1v) is 8.17. The van der Waals surface area contributed by atoms with E-state index >= 15 is 0 Å². The molecular formula is C22H24N2. The van der Waals surface area contributed by atoms with Gasteiger partial charge in [0.2, 0.25) is 0 Å². The summed E-state index contributed by atoms with van der Waals surface area (Å²) in [6.07, 6.45) is 0. The van der Waals surface area contributed by atoms with Crippen molar-refractivity contribution in [1.82, 2.24) is 0 Å². The van der Waals surface area contributed by atoms with Crippen molar-refractivity contribution in [3.8, 4) is 23.3 Å². The minimum Gasteiger partial charge on any atom is -0.192 e. The van der Waals surface area contributed by atoms with Crippen molar-refractivity contribution in [2.75, 3.05) is 0 Å². The zero-order chi connectivity index (χ0) is 18.1. The molecule has 0 atom stereocenters. The Balaban J connectivity index is 2.83. The molecule has 2 aromatic carbocycles. The first-order valence-electron chi connectivity index (χ1n) is 8.17. The van der Waals surface area contributed by atoms with E-state index in [0.717, 1.165) is 22.3 Å². The normalized spacial score (nSPS) is 11.7.